The summed E-state index contributed by atoms with van der Waals surface area (Å²) in [4.78, 5) is 10.5. The Kier molecular flexibility index (Phi) is 3.77. The van der Waals surface area contributed by atoms with Crippen LogP contribution in [0.25, 0.3) is 0 Å². The minimum absolute atomic E-state index is 1.27. The van der Waals surface area contributed by atoms with Gasteiger partial charge in [0.2, 0.25) is 6.17 Å². The summed E-state index contributed by atoms with van der Waals surface area (Å²) in [6, 6.07) is 0. The van der Waals surface area contributed by atoms with Crippen molar-refractivity contribution in [3.8, 4) is 0 Å². The van der Waals surface area contributed by atoms with Crippen molar-refractivity contribution in [3.63, 3.8) is 0 Å². The molecule has 1 unspecified atom stereocenters. The number of aromatic carboxylic acids is 1. The second-order valence-electron chi connectivity index (χ2n) is 3.44. The van der Waals surface area contributed by atoms with Crippen LogP contribution in [0, 0.1) is 0 Å². The van der Waals surface area contributed by atoms with E-state index in [1.54, 1.807) is 0 Å². The molecule has 0 aliphatic rings. The van der Waals surface area contributed by atoms with Gasteiger partial charge in [0.1, 0.15) is 5.56 Å². The summed E-state index contributed by atoms with van der Waals surface area (Å²) in [5.74, 6) is -2.09. The molecule has 0 aromatic carbocycles. The van der Waals surface area contributed by atoms with E-state index in [4.69, 9.17) is 5.11 Å². The monoisotopic (exact) mass is 294 g/mol. The third kappa shape index (κ3) is 3.35. The number of hydrogen-bond acceptors (Lipinski definition) is 2. The quantitative estimate of drug-likeness (QED) is 0.842. The molecule has 0 radical (unpaired) electrons. The maximum absolute atomic E-state index is 12.7. The van der Waals surface area contributed by atoms with Crippen molar-refractivity contribution in [1.29, 1.82) is 0 Å². The highest BCUT2D eigenvalue weighted by Crippen LogP contribution is 2.36. The maximum Gasteiger partial charge on any atom is 0.420 e. The van der Waals surface area contributed by atoms with Gasteiger partial charge in [-0.05, 0) is 0 Å². The molecule has 108 valence electrons. The molecule has 19 heavy (non-hydrogen) atoms. The van der Waals surface area contributed by atoms with Gasteiger partial charge in [-0.3, -0.25) is 5.10 Å². The van der Waals surface area contributed by atoms with Crippen LogP contribution in [0.4, 0.5) is 30.7 Å². The summed E-state index contributed by atoms with van der Waals surface area (Å²) < 4.78 is 86.0. The highest BCUT2D eigenvalue weighted by molar-refractivity contribution is 5.87. The first-order valence-corrected chi connectivity index (χ1v) is 4.53. The third-order valence-electron chi connectivity index (χ3n) is 2.07. The predicted molar refractivity (Wildman–Crippen MR) is 45.2 cm³/mol. The van der Waals surface area contributed by atoms with Gasteiger partial charge in [-0.1, -0.05) is 0 Å². The summed E-state index contributed by atoms with van der Waals surface area (Å²) in [5.41, 5.74) is -4.68. The van der Waals surface area contributed by atoms with E-state index in [1.165, 1.54) is 5.10 Å². The van der Waals surface area contributed by atoms with E-state index >= 15 is 0 Å². The molecule has 11 heteroatoms. The van der Waals surface area contributed by atoms with Crippen molar-refractivity contribution in [2.24, 2.45) is 0 Å². The first-order valence-electron chi connectivity index (χ1n) is 4.53. The second-order valence-corrected chi connectivity index (χ2v) is 3.44. The van der Waals surface area contributed by atoms with E-state index in [2.05, 4.69) is 5.10 Å². The highest BCUT2D eigenvalue weighted by atomic mass is 19.4. The summed E-state index contributed by atoms with van der Waals surface area (Å²) in [6.07, 6.45) is -15.9. The van der Waals surface area contributed by atoms with Crippen molar-refractivity contribution in [1.82, 2.24) is 10.2 Å². The lowest BCUT2D eigenvalue weighted by molar-refractivity contribution is -0.180. The van der Waals surface area contributed by atoms with E-state index in [9.17, 15) is 35.5 Å². The molecule has 1 atom stereocenters. The molecule has 0 bridgehead atoms. The van der Waals surface area contributed by atoms with Gasteiger partial charge in [-0.2, -0.15) is 31.4 Å². The van der Waals surface area contributed by atoms with E-state index in [-0.39, 0.29) is 0 Å². The smallest absolute Gasteiger partial charge is 0.420 e. The van der Waals surface area contributed by atoms with Crippen LogP contribution in [0.2, 0.25) is 0 Å². The molecule has 0 fully saturated rings. The van der Waals surface area contributed by atoms with Crippen LogP contribution in [0.15, 0.2) is 0 Å². The molecule has 0 saturated carbocycles. The van der Waals surface area contributed by atoms with Crippen LogP contribution in [-0.2, 0) is 12.6 Å². The van der Waals surface area contributed by atoms with Crippen LogP contribution in [0.5, 0.6) is 0 Å². The van der Waals surface area contributed by atoms with Gasteiger partial charge in [0, 0.05) is 6.42 Å². The molecule has 1 rings (SSSR count). The molecule has 0 spiro atoms. The summed E-state index contributed by atoms with van der Waals surface area (Å²) in [6.45, 7) is 0. The highest BCUT2D eigenvalue weighted by Gasteiger charge is 2.45. The molecule has 0 saturated heterocycles. The molecule has 1 aromatic heterocycles. The predicted octanol–water partition coefficient (Wildman–Crippen LogP) is 2.57. The van der Waals surface area contributed by atoms with Crippen LogP contribution < -0.4 is 0 Å². The Labute approximate surface area is 99.8 Å². The van der Waals surface area contributed by atoms with Crippen LogP contribution in [0.1, 0.15) is 21.7 Å². The second kappa shape index (κ2) is 4.70. The van der Waals surface area contributed by atoms with Crippen LogP contribution in [0.3, 0.4) is 0 Å². The maximum atomic E-state index is 12.7. The third-order valence-corrected chi connectivity index (χ3v) is 2.07. The van der Waals surface area contributed by atoms with Gasteiger partial charge in [0.25, 0.3) is 0 Å². The molecular weight excluding hydrogens is 289 g/mol. The zero-order valence-corrected chi connectivity index (χ0v) is 8.73. The number of alkyl halides is 7. The summed E-state index contributed by atoms with van der Waals surface area (Å²) in [5, 5.41) is 12.7. The molecule has 0 amide bonds. The Bertz CT molecular complexity index is 476. The number of nitrogens with one attached hydrogen (secondary N) is 1. The number of carboxylic acid groups (broad SMARTS) is 1. The van der Waals surface area contributed by atoms with Gasteiger partial charge >= 0.3 is 18.3 Å². The Morgan fingerprint density at radius 1 is 1.26 bits per heavy atom. The van der Waals surface area contributed by atoms with E-state index < -0.39 is 47.9 Å². The van der Waals surface area contributed by atoms with E-state index in [1.807, 2.05) is 0 Å². The lowest BCUT2D eigenvalue weighted by atomic mass is 10.1. The van der Waals surface area contributed by atoms with Crippen molar-refractivity contribution >= 4 is 5.97 Å². The number of aromatic amines is 1. The normalized spacial score (nSPS) is 14.5. The van der Waals surface area contributed by atoms with Gasteiger partial charge in [0.05, 0.1) is 5.69 Å². The minimum Gasteiger partial charge on any atom is -0.476 e. The molecule has 2 N–H and O–H groups in total. The molecule has 0 aliphatic carbocycles. The van der Waals surface area contributed by atoms with Gasteiger partial charge < -0.3 is 5.11 Å². The average Bonchev–Trinajstić information content (AvgIpc) is 2.59. The molecule has 1 aromatic rings. The Hall–Kier alpha value is -1.81. The number of nitrogens with zero attached hydrogens (tertiary/aromatic N) is 1. The summed E-state index contributed by atoms with van der Waals surface area (Å²) >= 11 is 0. The fourth-order valence-electron chi connectivity index (χ4n) is 1.28. The van der Waals surface area contributed by atoms with Gasteiger partial charge in [-0.15, -0.1) is 0 Å². The first-order chi connectivity index (χ1) is 8.44. The Morgan fingerprint density at radius 3 is 2.16 bits per heavy atom. The largest absolute Gasteiger partial charge is 0.476 e. The fourth-order valence-corrected chi connectivity index (χ4v) is 1.28. The fraction of sp³-hybridized carbons (Fsp3) is 0.500. The zero-order valence-electron chi connectivity index (χ0n) is 8.73. The SMILES string of the molecule is O=C(O)c1n[nH]c(CC(F)C(F)(F)F)c1C(F)(F)F. The number of aromatic nitrogens is 2. The first kappa shape index (κ1) is 15.2. The number of carboxylic acids is 1. The van der Waals surface area contributed by atoms with Crippen molar-refractivity contribution < 1.29 is 40.6 Å². The van der Waals surface area contributed by atoms with Crippen LogP contribution >= 0.6 is 0 Å². The number of carbonyl (C=O) groups is 1. The number of H-pyrrole nitrogens is 1. The molecule has 4 nitrogen and oxygen atoms in total. The Morgan fingerprint density at radius 2 is 1.79 bits per heavy atom. The van der Waals surface area contributed by atoms with E-state index in [0.29, 0.717) is 0 Å². The van der Waals surface area contributed by atoms with Crippen LogP contribution in [-0.4, -0.2) is 33.6 Å². The lowest BCUT2D eigenvalue weighted by Crippen LogP contribution is -2.27. The zero-order chi connectivity index (χ0) is 15.0. The lowest BCUT2D eigenvalue weighted by Gasteiger charge is -2.13. The topological polar surface area (TPSA) is 66.0 Å². The standard InChI is InChI=1S/C8H5F7N2O2/c9-3(7(10,11)12)1-2-4(8(13,14)15)5(6(18)19)17-16-2/h3H,1H2,(H,16,17)(H,18,19). The summed E-state index contributed by atoms with van der Waals surface area (Å²) in [7, 11) is 0. The van der Waals surface area contributed by atoms with Crippen molar-refractivity contribution in [3.05, 3.63) is 17.0 Å². The number of halogens is 7. The minimum atomic E-state index is -5.35. The van der Waals surface area contributed by atoms with Crippen molar-refractivity contribution in [2.75, 3.05) is 0 Å². The van der Waals surface area contributed by atoms with E-state index in [0.717, 1.165) is 0 Å². The van der Waals surface area contributed by atoms with Gasteiger partial charge in [-0.25, -0.2) is 9.18 Å². The molecule has 0 aliphatic heterocycles. The Balaban J connectivity index is 3.20. The number of hydrogen-bond donors (Lipinski definition) is 2. The number of rotatable bonds is 3. The molecular formula is C8H5F7N2O2. The van der Waals surface area contributed by atoms with Crippen molar-refractivity contribution in [2.45, 2.75) is 24.9 Å². The molecule has 1 heterocycles. The van der Waals surface area contributed by atoms with Gasteiger partial charge in [0.15, 0.2) is 5.69 Å². The average molecular weight is 294 g/mol.